The summed E-state index contributed by atoms with van der Waals surface area (Å²) in [6.45, 7) is 8.86. The molecule has 1 fully saturated rings. The van der Waals surface area contributed by atoms with Crippen LogP contribution in [0.5, 0.6) is 0 Å². The van der Waals surface area contributed by atoms with E-state index in [1.54, 1.807) is 12.1 Å². The molecule has 3 rings (SSSR count). The van der Waals surface area contributed by atoms with Gasteiger partial charge in [0.2, 0.25) is 5.91 Å². The first-order chi connectivity index (χ1) is 18.8. The molecule has 1 aliphatic rings. The molecule has 2 heterocycles. The number of benzene rings is 1. The van der Waals surface area contributed by atoms with Crippen LogP contribution in [0.3, 0.4) is 0 Å². The maximum absolute atomic E-state index is 14.1. The van der Waals surface area contributed by atoms with E-state index in [9.17, 15) is 27.6 Å². The molecule has 1 aromatic heterocycles. The number of hydrogen-bond acceptors (Lipinski definition) is 6. The zero-order valence-corrected chi connectivity index (χ0v) is 24.4. The van der Waals surface area contributed by atoms with Gasteiger partial charge < -0.3 is 20.3 Å². The standard InChI is InChI=1S/C27H34ClF3N4O4S/c1-16(2)13-34(14-17(3)4)21(12-32-26(38)22-7-8-23(28)40-22)25(37)33-20-6-5-18(11-19(20)27(29,30)31)35-9-10-39-15-24(35)36/h5-8,11,16-17,21H,9-10,12-15H2,1-4H3,(H,32,38)(H,33,37)/t21-/m1/s1. The Kier molecular flexibility index (Phi) is 11.0. The molecular weight excluding hydrogens is 569 g/mol. The highest BCUT2D eigenvalue weighted by atomic mass is 35.5. The van der Waals surface area contributed by atoms with E-state index in [0.29, 0.717) is 22.3 Å². The van der Waals surface area contributed by atoms with Crippen LogP contribution in [-0.4, -0.2) is 68.1 Å². The zero-order valence-electron chi connectivity index (χ0n) is 22.8. The summed E-state index contributed by atoms with van der Waals surface area (Å²) in [4.78, 5) is 42.0. The van der Waals surface area contributed by atoms with Crippen molar-refractivity contribution in [1.29, 1.82) is 0 Å². The number of alkyl halides is 3. The number of carbonyl (C=O) groups is 3. The average molecular weight is 603 g/mol. The fourth-order valence-electron chi connectivity index (χ4n) is 4.42. The number of morpholine rings is 1. The van der Waals surface area contributed by atoms with Gasteiger partial charge in [-0.3, -0.25) is 19.3 Å². The highest BCUT2D eigenvalue weighted by molar-refractivity contribution is 7.18. The Bertz CT molecular complexity index is 1190. The monoisotopic (exact) mass is 602 g/mol. The summed E-state index contributed by atoms with van der Waals surface area (Å²) in [5.74, 6) is -1.27. The lowest BCUT2D eigenvalue weighted by Crippen LogP contribution is -2.53. The fourth-order valence-corrected chi connectivity index (χ4v) is 5.38. The quantitative estimate of drug-likeness (QED) is 0.372. The van der Waals surface area contributed by atoms with Gasteiger partial charge in [-0.05, 0) is 42.2 Å². The summed E-state index contributed by atoms with van der Waals surface area (Å²) in [5.41, 5.74) is -1.44. The molecule has 1 aliphatic heterocycles. The minimum Gasteiger partial charge on any atom is -0.370 e. The van der Waals surface area contributed by atoms with E-state index >= 15 is 0 Å². The Hall–Kier alpha value is -2.67. The van der Waals surface area contributed by atoms with Crippen LogP contribution in [0.25, 0.3) is 0 Å². The lowest BCUT2D eigenvalue weighted by molar-refractivity contribution is -0.137. The van der Waals surface area contributed by atoms with Crippen molar-refractivity contribution in [3.05, 3.63) is 45.1 Å². The molecular formula is C27H34ClF3N4O4S. The van der Waals surface area contributed by atoms with Gasteiger partial charge in [-0.1, -0.05) is 39.3 Å². The van der Waals surface area contributed by atoms with E-state index in [1.807, 2.05) is 32.6 Å². The van der Waals surface area contributed by atoms with Gasteiger partial charge >= 0.3 is 6.18 Å². The third-order valence-corrected chi connectivity index (χ3v) is 7.29. The molecule has 1 atom stereocenters. The molecule has 13 heteroatoms. The van der Waals surface area contributed by atoms with Crippen LogP contribution in [-0.2, 0) is 20.5 Å². The smallest absolute Gasteiger partial charge is 0.370 e. The Morgan fingerprint density at radius 3 is 2.35 bits per heavy atom. The second-order valence-electron chi connectivity index (χ2n) is 10.4. The first-order valence-electron chi connectivity index (χ1n) is 12.9. The van der Waals surface area contributed by atoms with Crippen LogP contribution in [0.2, 0.25) is 4.34 Å². The van der Waals surface area contributed by atoms with E-state index in [4.69, 9.17) is 16.3 Å². The molecule has 0 aliphatic carbocycles. The summed E-state index contributed by atoms with van der Waals surface area (Å²) < 4.78 is 47.9. The number of hydrogen-bond donors (Lipinski definition) is 2. The number of amides is 3. The van der Waals surface area contributed by atoms with Crippen molar-refractivity contribution in [2.75, 3.05) is 49.6 Å². The molecule has 2 aromatic rings. The number of ether oxygens (including phenoxy) is 1. The van der Waals surface area contributed by atoms with E-state index in [0.717, 1.165) is 23.5 Å². The predicted molar refractivity (Wildman–Crippen MR) is 150 cm³/mol. The minimum atomic E-state index is -4.80. The van der Waals surface area contributed by atoms with Gasteiger partial charge in [-0.2, -0.15) is 13.2 Å². The molecule has 8 nitrogen and oxygen atoms in total. The zero-order chi connectivity index (χ0) is 29.6. The third-order valence-electron chi connectivity index (χ3n) is 6.06. The molecule has 1 aromatic carbocycles. The average Bonchev–Trinajstić information content (AvgIpc) is 3.29. The second-order valence-corrected chi connectivity index (χ2v) is 12.1. The lowest BCUT2D eigenvalue weighted by atomic mass is 10.1. The van der Waals surface area contributed by atoms with Gasteiger partial charge in [0.05, 0.1) is 27.1 Å². The maximum atomic E-state index is 14.1. The summed E-state index contributed by atoms with van der Waals surface area (Å²) in [5, 5.41) is 5.19. The summed E-state index contributed by atoms with van der Waals surface area (Å²) in [6.07, 6.45) is -4.80. The van der Waals surface area contributed by atoms with Crippen LogP contribution in [0, 0.1) is 11.8 Å². The van der Waals surface area contributed by atoms with Crippen LogP contribution in [0.15, 0.2) is 30.3 Å². The van der Waals surface area contributed by atoms with Gasteiger partial charge in [-0.15, -0.1) is 11.3 Å². The van der Waals surface area contributed by atoms with Crippen molar-refractivity contribution in [3.8, 4) is 0 Å². The SMILES string of the molecule is CC(C)CN(CC(C)C)[C@H](CNC(=O)c1ccc(Cl)s1)C(=O)Nc1ccc(N2CCOCC2=O)cc1C(F)(F)F. The Labute approximate surface area is 240 Å². The van der Waals surface area contributed by atoms with E-state index in [1.165, 1.54) is 11.0 Å². The number of nitrogens with one attached hydrogen (secondary N) is 2. The topological polar surface area (TPSA) is 91.0 Å². The van der Waals surface area contributed by atoms with Crippen molar-refractivity contribution in [1.82, 2.24) is 10.2 Å². The molecule has 0 unspecified atom stereocenters. The molecule has 2 N–H and O–H groups in total. The molecule has 220 valence electrons. The largest absolute Gasteiger partial charge is 0.418 e. The number of thiophene rings is 1. The van der Waals surface area contributed by atoms with Crippen molar-refractivity contribution in [3.63, 3.8) is 0 Å². The molecule has 0 spiro atoms. The van der Waals surface area contributed by atoms with Crippen molar-refractivity contribution >= 4 is 52.0 Å². The molecule has 0 bridgehead atoms. The highest BCUT2D eigenvalue weighted by Crippen LogP contribution is 2.38. The van der Waals surface area contributed by atoms with Crippen LogP contribution in [0.4, 0.5) is 24.5 Å². The molecule has 0 saturated carbocycles. The van der Waals surface area contributed by atoms with Gasteiger partial charge in [-0.25, -0.2) is 0 Å². The first kappa shape index (κ1) is 31.9. The van der Waals surface area contributed by atoms with Gasteiger partial charge in [0, 0.05) is 31.9 Å². The first-order valence-corrected chi connectivity index (χ1v) is 14.1. The van der Waals surface area contributed by atoms with E-state index in [-0.39, 0.29) is 43.8 Å². The van der Waals surface area contributed by atoms with Crippen LogP contribution < -0.4 is 15.5 Å². The third kappa shape index (κ3) is 8.66. The second kappa shape index (κ2) is 13.8. The summed E-state index contributed by atoms with van der Waals surface area (Å²) in [7, 11) is 0. The van der Waals surface area contributed by atoms with Crippen LogP contribution in [0.1, 0.15) is 42.9 Å². The fraction of sp³-hybridized carbons (Fsp3) is 0.519. The van der Waals surface area contributed by atoms with E-state index in [2.05, 4.69) is 10.6 Å². The van der Waals surface area contributed by atoms with Gasteiger partial charge in [0.1, 0.15) is 12.6 Å². The molecule has 40 heavy (non-hydrogen) atoms. The lowest BCUT2D eigenvalue weighted by Gasteiger charge is -2.34. The summed E-state index contributed by atoms with van der Waals surface area (Å²) >= 11 is 7.02. The minimum absolute atomic E-state index is 0.0679. The number of carbonyl (C=O) groups excluding carboxylic acids is 3. The van der Waals surface area contributed by atoms with Crippen LogP contribution >= 0.6 is 22.9 Å². The Morgan fingerprint density at radius 2 is 1.80 bits per heavy atom. The highest BCUT2D eigenvalue weighted by Gasteiger charge is 2.37. The van der Waals surface area contributed by atoms with Crippen molar-refractivity contribution in [2.24, 2.45) is 11.8 Å². The maximum Gasteiger partial charge on any atom is 0.418 e. The van der Waals surface area contributed by atoms with Crippen molar-refractivity contribution < 1.29 is 32.3 Å². The molecule has 3 amide bonds. The number of halogens is 4. The Balaban J connectivity index is 1.91. The number of nitrogens with zero attached hydrogens (tertiary/aromatic N) is 2. The van der Waals surface area contributed by atoms with Gasteiger partial charge in [0.15, 0.2) is 0 Å². The predicted octanol–water partition coefficient (Wildman–Crippen LogP) is 5.13. The normalized spacial score (nSPS) is 15.2. The van der Waals surface area contributed by atoms with Gasteiger partial charge in [0.25, 0.3) is 11.8 Å². The molecule has 1 saturated heterocycles. The summed E-state index contributed by atoms with van der Waals surface area (Å²) in [6, 6.07) is 5.57. The van der Waals surface area contributed by atoms with E-state index < -0.39 is 41.2 Å². The Morgan fingerprint density at radius 1 is 1.12 bits per heavy atom. The number of rotatable bonds is 11. The van der Waals surface area contributed by atoms with Crippen molar-refractivity contribution in [2.45, 2.75) is 39.9 Å². The number of anilines is 2. The molecule has 0 radical (unpaired) electrons.